The van der Waals surface area contributed by atoms with Crippen LogP contribution in [0.5, 0.6) is 0 Å². The van der Waals surface area contributed by atoms with Crippen molar-refractivity contribution in [2.24, 2.45) is 23.3 Å². The fourth-order valence-corrected chi connectivity index (χ4v) is 1.84. The van der Waals surface area contributed by atoms with Crippen molar-refractivity contribution in [3.63, 3.8) is 0 Å². The molecule has 22 heavy (non-hydrogen) atoms. The molecule has 0 aromatic carbocycles. The Hall–Kier alpha value is -0.160. The molecule has 136 valence electrons. The van der Waals surface area contributed by atoms with E-state index >= 15 is 0 Å². The molecule has 1 unspecified atom stereocenters. The molecule has 0 saturated carbocycles. The first-order chi connectivity index (χ1) is 10.6. The van der Waals surface area contributed by atoms with Gasteiger partial charge in [0.05, 0.1) is 0 Å². The van der Waals surface area contributed by atoms with Gasteiger partial charge in [-0.25, -0.2) is 0 Å². The molecule has 0 bridgehead atoms. The van der Waals surface area contributed by atoms with Crippen LogP contribution in [0.1, 0.15) is 66.2 Å². The lowest BCUT2D eigenvalue weighted by Gasteiger charge is -2.14. The standard InChI is InChI=1S/C11H25NO.C7H17NO/c1-3-5-7-11(4-2)10-13-9-6-8-12;1-7(2)6-9-5-3-4-8/h11H,3-10,12H2,1-2H3;7H,3-6,8H2,1-2H3. The van der Waals surface area contributed by atoms with Gasteiger partial charge in [0.1, 0.15) is 0 Å². The van der Waals surface area contributed by atoms with Crippen LogP contribution in [0, 0.1) is 11.8 Å². The average molecular weight is 319 g/mol. The third-order valence-corrected chi connectivity index (χ3v) is 3.33. The van der Waals surface area contributed by atoms with E-state index in [9.17, 15) is 0 Å². The summed E-state index contributed by atoms with van der Waals surface area (Å²) in [5, 5.41) is 0. The van der Waals surface area contributed by atoms with Crippen molar-refractivity contribution in [2.75, 3.05) is 39.5 Å². The summed E-state index contributed by atoms with van der Waals surface area (Å²) in [4.78, 5) is 0. The molecular formula is C18H42N2O2. The summed E-state index contributed by atoms with van der Waals surface area (Å²) in [6.45, 7) is 13.7. The molecule has 4 nitrogen and oxygen atoms in total. The molecule has 0 fully saturated rings. The topological polar surface area (TPSA) is 70.5 Å². The number of ether oxygens (including phenoxy) is 2. The van der Waals surface area contributed by atoms with E-state index in [2.05, 4.69) is 27.7 Å². The van der Waals surface area contributed by atoms with Gasteiger partial charge in [0.2, 0.25) is 0 Å². The van der Waals surface area contributed by atoms with Gasteiger partial charge in [-0.1, -0.05) is 47.0 Å². The molecule has 0 spiro atoms. The van der Waals surface area contributed by atoms with Gasteiger partial charge in [-0.3, -0.25) is 0 Å². The number of hydrogen-bond donors (Lipinski definition) is 2. The van der Waals surface area contributed by atoms with E-state index in [1.54, 1.807) is 0 Å². The maximum Gasteiger partial charge on any atom is 0.0494 e. The molecule has 0 radical (unpaired) electrons. The normalized spacial score (nSPS) is 12.1. The molecule has 0 aromatic rings. The first kappa shape index (κ1) is 24.1. The lowest BCUT2D eigenvalue weighted by Crippen LogP contribution is -2.11. The molecule has 0 heterocycles. The number of nitrogens with two attached hydrogens (primary N) is 2. The highest BCUT2D eigenvalue weighted by atomic mass is 16.5. The summed E-state index contributed by atoms with van der Waals surface area (Å²) in [5.74, 6) is 1.40. The predicted molar refractivity (Wildman–Crippen MR) is 97.1 cm³/mol. The van der Waals surface area contributed by atoms with Crippen molar-refractivity contribution in [1.82, 2.24) is 0 Å². The summed E-state index contributed by atoms with van der Waals surface area (Å²) in [5.41, 5.74) is 10.6. The predicted octanol–water partition coefficient (Wildman–Crippen LogP) is 3.58. The van der Waals surface area contributed by atoms with E-state index in [-0.39, 0.29) is 0 Å². The molecule has 0 saturated heterocycles. The van der Waals surface area contributed by atoms with E-state index in [1.807, 2.05) is 0 Å². The zero-order chi connectivity index (χ0) is 17.1. The number of hydrogen-bond acceptors (Lipinski definition) is 4. The Kier molecular flexibility index (Phi) is 22.8. The Morgan fingerprint density at radius 2 is 1.36 bits per heavy atom. The van der Waals surface area contributed by atoms with Gasteiger partial charge >= 0.3 is 0 Å². The maximum atomic E-state index is 5.54. The van der Waals surface area contributed by atoms with E-state index < -0.39 is 0 Å². The van der Waals surface area contributed by atoms with Crippen LogP contribution in [0.3, 0.4) is 0 Å². The zero-order valence-electron chi connectivity index (χ0n) is 15.6. The lowest BCUT2D eigenvalue weighted by molar-refractivity contribution is 0.0933. The quantitative estimate of drug-likeness (QED) is 0.480. The summed E-state index contributed by atoms with van der Waals surface area (Å²) in [7, 11) is 0. The minimum Gasteiger partial charge on any atom is -0.381 e. The van der Waals surface area contributed by atoms with E-state index in [1.165, 1.54) is 25.7 Å². The van der Waals surface area contributed by atoms with Crippen LogP contribution in [0.2, 0.25) is 0 Å². The Bertz CT molecular complexity index is 190. The van der Waals surface area contributed by atoms with Gasteiger partial charge in [0, 0.05) is 26.4 Å². The zero-order valence-corrected chi connectivity index (χ0v) is 15.6. The largest absolute Gasteiger partial charge is 0.381 e. The second kappa shape index (κ2) is 20.8. The Balaban J connectivity index is 0. The molecule has 4 N–H and O–H groups in total. The highest BCUT2D eigenvalue weighted by Crippen LogP contribution is 2.12. The van der Waals surface area contributed by atoms with Crippen LogP contribution in [0.15, 0.2) is 0 Å². The van der Waals surface area contributed by atoms with Crippen LogP contribution in [0.4, 0.5) is 0 Å². The maximum absolute atomic E-state index is 5.54. The van der Waals surface area contributed by atoms with Crippen molar-refractivity contribution in [1.29, 1.82) is 0 Å². The first-order valence-corrected chi connectivity index (χ1v) is 9.17. The van der Waals surface area contributed by atoms with Crippen LogP contribution in [-0.4, -0.2) is 39.5 Å². The Labute approximate surface area is 139 Å². The van der Waals surface area contributed by atoms with E-state index in [4.69, 9.17) is 20.9 Å². The lowest BCUT2D eigenvalue weighted by atomic mass is 10.0. The number of unbranched alkanes of at least 4 members (excludes halogenated alkanes) is 1. The minimum atomic E-state index is 0.641. The fourth-order valence-electron chi connectivity index (χ4n) is 1.84. The molecule has 1 atom stereocenters. The van der Waals surface area contributed by atoms with Gasteiger partial charge in [0.25, 0.3) is 0 Å². The summed E-state index contributed by atoms with van der Waals surface area (Å²) in [6.07, 6.45) is 7.15. The second-order valence-corrected chi connectivity index (χ2v) is 6.24. The summed E-state index contributed by atoms with van der Waals surface area (Å²) >= 11 is 0. The molecule has 0 aromatic heterocycles. The summed E-state index contributed by atoms with van der Waals surface area (Å²) in [6, 6.07) is 0. The number of rotatable bonds is 14. The molecule has 0 aliphatic carbocycles. The molecule has 4 heteroatoms. The first-order valence-electron chi connectivity index (χ1n) is 9.17. The van der Waals surface area contributed by atoms with Crippen molar-refractivity contribution in [3.8, 4) is 0 Å². The van der Waals surface area contributed by atoms with E-state index in [0.717, 1.165) is 58.3 Å². The SMILES string of the molecule is CC(C)COCCCN.CCCCC(CC)COCCCN. The molecule has 0 rings (SSSR count). The average Bonchev–Trinajstić information content (AvgIpc) is 2.51. The van der Waals surface area contributed by atoms with E-state index in [0.29, 0.717) is 5.92 Å². The molecule has 0 aliphatic heterocycles. The third kappa shape index (κ3) is 22.1. The van der Waals surface area contributed by atoms with Gasteiger partial charge in [0.15, 0.2) is 0 Å². The van der Waals surface area contributed by atoms with Crippen LogP contribution < -0.4 is 11.5 Å². The van der Waals surface area contributed by atoms with Crippen molar-refractivity contribution >= 4 is 0 Å². The van der Waals surface area contributed by atoms with Crippen molar-refractivity contribution < 1.29 is 9.47 Å². The van der Waals surface area contributed by atoms with Crippen molar-refractivity contribution in [3.05, 3.63) is 0 Å². The van der Waals surface area contributed by atoms with Crippen LogP contribution >= 0.6 is 0 Å². The van der Waals surface area contributed by atoms with Gasteiger partial charge in [-0.2, -0.15) is 0 Å². The monoisotopic (exact) mass is 318 g/mol. The Morgan fingerprint density at radius 3 is 1.77 bits per heavy atom. The van der Waals surface area contributed by atoms with Crippen LogP contribution in [0.25, 0.3) is 0 Å². The summed E-state index contributed by atoms with van der Waals surface area (Å²) < 4.78 is 10.8. The molecular weight excluding hydrogens is 276 g/mol. The Morgan fingerprint density at radius 1 is 0.818 bits per heavy atom. The minimum absolute atomic E-state index is 0.641. The van der Waals surface area contributed by atoms with Gasteiger partial charge < -0.3 is 20.9 Å². The molecule has 0 aliphatic rings. The smallest absolute Gasteiger partial charge is 0.0494 e. The van der Waals surface area contributed by atoms with Gasteiger partial charge in [-0.05, 0) is 44.2 Å². The highest BCUT2D eigenvalue weighted by Gasteiger charge is 2.04. The van der Waals surface area contributed by atoms with Gasteiger partial charge in [-0.15, -0.1) is 0 Å². The van der Waals surface area contributed by atoms with Crippen molar-refractivity contribution in [2.45, 2.75) is 66.2 Å². The molecule has 0 amide bonds. The highest BCUT2D eigenvalue weighted by molar-refractivity contribution is 4.55. The third-order valence-electron chi connectivity index (χ3n) is 3.33. The second-order valence-electron chi connectivity index (χ2n) is 6.24. The van der Waals surface area contributed by atoms with Crippen LogP contribution in [-0.2, 0) is 9.47 Å². The fraction of sp³-hybridized carbons (Fsp3) is 1.00.